The minimum Gasteiger partial charge on any atom is -0.337 e. The van der Waals surface area contributed by atoms with E-state index in [-0.39, 0.29) is 5.91 Å². The fourth-order valence-electron chi connectivity index (χ4n) is 3.00. The van der Waals surface area contributed by atoms with Crippen LogP contribution in [0.5, 0.6) is 0 Å². The summed E-state index contributed by atoms with van der Waals surface area (Å²) in [6.07, 6.45) is 3.47. The molecule has 8 heteroatoms. The van der Waals surface area contributed by atoms with Crippen LogP contribution >= 0.6 is 11.3 Å². The molecule has 0 aliphatic carbocycles. The Bertz CT molecular complexity index is 921. The Kier molecular flexibility index (Phi) is 4.97. The number of piperazine rings is 1. The van der Waals surface area contributed by atoms with Gasteiger partial charge in [-0.25, -0.2) is 15.0 Å². The van der Waals surface area contributed by atoms with Gasteiger partial charge >= 0.3 is 0 Å². The molecule has 27 heavy (non-hydrogen) atoms. The number of aryl methyl sites for hydroxylation is 1. The van der Waals surface area contributed by atoms with Crippen LogP contribution in [0.15, 0.2) is 48.1 Å². The van der Waals surface area contributed by atoms with E-state index in [1.54, 1.807) is 18.5 Å². The lowest BCUT2D eigenvalue weighted by atomic mass is 10.2. The van der Waals surface area contributed by atoms with Gasteiger partial charge in [-0.05, 0) is 30.7 Å². The van der Waals surface area contributed by atoms with Gasteiger partial charge in [-0.2, -0.15) is 0 Å². The number of anilines is 3. The molecule has 1 N–H and O–H groups in total. The monoisotopic (exact) mass is 380 g/mol. The molecule has 0 spiro atoms. The summed E-state index contributed by atoms with van der Waals surface area (Å²) in [4.78, 5) is 29.7. The molecule has 3 aromatic rings. The third-order valence-corrected chi connectivity index (χ3v) is 5.15. The van der Waals surface area contributed by atoms with Crippen molar-refractivity contribution in [3.8, 4) is 0 Å². The predicted octanol–water partition coefficient (Wildman–Crippen LogP) is 2.95. The number of aromatic nitrogens is 3. The van der Waals surface area contributed by atoms with Crippen molar-refractivity contribution in [3.05, 3.63) is 59.4 Å². The lowest BCUT2D eigenvalue weighted by Crippen LogP contribution is -2.49. The molecular weight excluding hydrogens is 360 g/mol. The zero-order valence-electron chi connectivity index (χ0n) is 15.0. The fourth-order valence-corrected chi connectivity index (χ4v) is 3.71. The van der Waals surface area contributed by atoms with E-state index in [1.165, 1.54) is 16.9 Å². The van der Waals surface area contributed by atoms with Crippen molar-refractivity contribution in [1.29, 1.82) is 0 Å². The predicted molar refractivity (Wildman–Crippen MR) is 107 cm³/mol. The Morgan fingerprint density at radius 3 is 2.63 bits per heavy atom. The quantitative estimate of drug-likeness (QED) is 0.750. The molecule has 0 radical (unpaired) electrons. The standard InChI is InChI=1S/C19H20N6OS/c1-14-4-2-5-15(12-14)22-19-23-16(13-27-19)17(26)24-8-10-25(11-9-24)18-20-6-3-7-21-18/h2-7,12-13H,8-11H2,1H3,(H,22,23). The van der Waals surface area contributed by atoms with Gasteiger partial charge < -0.3 is 15.1 Å². The Morgan fingerprint density at radius 1 is 1.11 bits per heavy atom. The molecule has 1 aliphatic heterocycles. The molecule has 1 saturated heterocycles. The van der Waals surface area contributed by atoms with E-state index in [4.69, 9.17) is 0 Å². The summed E-state index contributed by atoms with van der Waals surface area (Å²) in [6.45, 7) is 4.75. The summed E-state index contributed by atoms with van der Waals surface area (Å²) in [5.41, 5.74) is 2.63. The van der Waals surface area contributed by atoms with Crippen LogP contribution in [0.1, 0.15) is 16.1 Å². The number of amides is 1. The molecule has 0 atom stereocenters. The number of rotatable bonds is 4. The van der Waals surface area contributed by atoms with Gasteiger partial charge in [-0.1, -0.05) is 12.1 Å². The molecular formula is C19H20N6OS. The first-order valence-electron chi connectivity index (χ1n) is 8.79. The minimum atomic E-state index is -0.0304. The molecule has 1 fully saturated rings. The van der Waals surface area contributed by atoms with Crippen molar-refractivity contribution in [2.24, 2.45) is 0 Å². The van der Waals surface area contributed by atoms with Crippen LogP contribution in [0.4, 0.5) is 16.8 Å². The zero-order chi connectivity index (χ0) is 18.6. The van der Waals surface area contributed by atoms with E-state index in [0.717, 1.165) is 10.8 Å². The van der Waals surface area contributed by atoms with Crippen LogP contribution in [0.2, 0.25) is 0 Å². The molecule has 138 valence electrons. The molecule has 7 nitrogen and oxygen atoms in total. The second-order valence-corrected chi connectivity index (χ2v) is 7.22. The van der Waals surface area contributed by atoms with E-state index < -0.39 is 0 Å². The lowest BCUT2D eigenvalue weighted by molar-refractivity contribution is 0.0741. The highest BCUT2D eigenvalue weighted by Crippen LogP contribution is 2.22. The number of thiazole rings is 1. The molecule has 0 unspecified atom stereocenters. The number of hydrogen-bond acceptors (Lipinski definition) is 7. The Hall–Kier alpha value is -3.00. The average molecular weight is 380 g/mol. The molecule has 1 aliphatic rings. The first-order chi connectivity index (χ1) is 13.2. The van der Waals surface area contributed by atoms with Crippen molar-refractivity contribution < 1.29 is 4.79 Å². The van der Waals surface area contributed by atoms with Crippen LogP contribution in [-0.2, 0) is 0 Å². The number of nitrogens with one attached hydrogen (secondary N) is 1. The van der Waals surface area contributed by atoms with Gasteiger partial charge in [-0.15, -0.1) is 11.3 Å². The van der Waals surface area contributed by atoms with Crippen LogP contribution < -0.4 is 10.2 Å². The molecule has 3 heterocycles. The molecule has 1 aromatic carbocycles. The average Bonchev–Trinajstić information content (AvgIpc) is 3.17. The second kappa shape index (κ2) is 7.71. The number of benzene rings is 1. The fraction of sp³-hybridized carbons (Fsp3) is 0.263. The van der Waals surface area contributed by atoms with Crippen molar-refractivity contribution in [2.45, 2.75) is 6.92 Å². The van der Waals surface area contributed by atoms with E-state index in [2.05, 4.69) is 25.2 Å². The maximum absolute atomic E-state index is 12.8. The Labute approximate surface area is 161 Å². The van der Waals surface area contributed by atoms with Gasteiger partial charge in [0.25, 0.3) is 5.91 Å². The highest BCUT2D eigenvalue weighted by Gasteiger charge is 2.24. The van der Waals surface area contributed by atoms with E-state index >= 15 is 0 Å². The van der Waals surface area contributed by atoms with Gasteiger partial charge in [0.15, 0.2) is 5.13 Å². The Morgan fingerprint density at radius 2 is 1.89 bits per heavy atom. The molecule has 4 rings (SSSR count). The van der Waals surface area contributed by atoms with Crippen molar-refractivity contribution >= 4 is 34.0 Å². The molecule has 0 saturated carbocycles. The third-order valence-electron chi connectivity index (χ3n) is 4.39. The van der Waals surface area contributed by atoms with E-state index in [9.17, 15) is 4.79 Å². The minimum absolute atomic E-state index is 0.0304. The first-order valence-corrected chi connectivity index (χ1v) is 9.67. The third kappa shape index (κ3) is 4.06. The number of hydrogen-bond donors (Lipinski definition) is 1. The van der Waals surface area contributed by atoms with Gasteiger partial charge in [-0.3, -0.25) is 4.79 Å². The van der Waals surface area contributed by atoms with Gasteiger partial charge in [0.1, 0.15) is 5.69 Å². The molecule has 0 bridgehead atoms. The van der Waals surface area contributed by atoms with Crippen LogP contribution in [0.25, 0.3) is 0 Å². The van der Waals surface area contributed by atoms with Gasteiger partial charge in [0, 0.05) is 49.6 Å². The topological polar surface area (TPSA) is 74.2 Å². The Balaban J connectivity index is 1.37. The number of carbonyl (C=O) groups is 1. The van der Waals surface area contributed by atoms with Crippen LogP contribution in [0, 0.1) is 6.92 Å². The summed E-state index contributed by atoms with van der Waals surface area (Å²) in [5.74, 6) is 0.681. The first kappa shape index (κ1) is 17.4. The molecule has 1 amide bonds. The van der Waals surface area contributed by atoms with Crippen molar-refractivity contribution in [3.63, 3.8) is 0 Å². The highest BCUT2D eigenvalue weighted by atomic mass is 32.1. The summed E-state index contributed by atoms with van der Waals surface area (Å²) < 4.78 is 0. The number of nitrogens with zero attached hydrogens (tertiary/aromatic N) is 5. The summed E-state index contributed by atoms with van der Waals surface area (Å²) in [5, 5.41) is 5.80. The maximum Gasteiger partial charge on any atom is 0.273 e. The van der Waals surface area contributed by atoms with Crippen LogP contribution in [0.3, 0.4) is 0 Å². The van der Waals surface area contributed by atoms with E-state index in [1.807, 2.05) is 41.5 Å². The highest BCUT2D eigenvalue weighted by molar-refractivity contribution is 7.14. The van der Waals surface area contributed by atoms with Gasteiger partial charge in [0.05, 0.1) is 0 Å². The van der Waals surface area contributed by atoms with E-state index in [0.29, 0.717) is 37.8 Å². The largest absolute Gasteiger partial charge is 0.337 e. The smallest absolute Gasteiger partial charge is 0.273 e. The SMILES string of the molecule is Cc1cccc(Nc2nc(C(=O)N3CCN(c4ncccn4)CC3)cs2)c1. The maximum atomic E-state index is 12.8. The lowest BCUT2D eigenvalue weighted by Gasteiger charge is -2.34. The van der Waals surface area contributed by atoms with Crippen molar-refractivity contribution in [2.75, 3.05) is 36.4 Å². The summed E-state index contributed by atoms with van der Waals surface area (Å²) in [6, 6.07) is 9.87. The summed E-state index contributed by atoms with van der Waals surface area (Å²) >= 11 is 1.44. The molecule has 2 aromatic heterocycles. The van der Waals surface area contributed by atoms with Crippen LogP contribution in [-0.4, -0.2) is 51.9 Å². The second-order valence-electron chi connectivity index (χ2n) is 6.36. The van der Waals surface area contributed by atoms with Gasteiger partial charge in [0.2, 0.25) is 5.95 Å². The zero-order valence-corrected chi connectivity index (χ0v) is 15.8. The van der Waals surface area contributed by atoms with Crippen molar-refractivity contribution in [1.82, 2.24) is 19.9 Å². The normalized spacial score (nSPS) is 14.3. The summed E-state index contributed by atoms with van der Waals surface area (Å²) in [7, 11) is 0. The number of carbonyl (C=O) groups excluding carboxylic acids is 1.